The molecule has 0 aliphatic carbocycles. The molecule has 0 aliphatic rings. The Morgan fingerprint density at radius 3 is 2.52 bits per heavy atom. The van der Waals surface area contributed by atoms with Gasteiger partial charge in [0.1, 0.15) is 11.6 Å². The Morgan fingerprint density at radius 1 is 1.29 bits per heavy atom. The van der Waals surface area contributed by atoms with Gasteiger partial charge in [0.2, 0.25) is 5.88 Å². The molecule has 2 rings (SSSR count). The van der Waals surface area contributed by atoms with E-state index in [4.69, 9.17) is 27.9 Å². The molecule has 1 aromatic heterocycles. The normalized spacial score (nSPS) is 10.9. The maximum atomic E-state index is 9.40. The SMILES string of the molecule is COc1nc2cc(Cl)c(Cl)cc2c(C=CN(C)C)c1C#N. The highest BCUT2D eigenvalue weighted by Crippen LogP contribution is 2.33. The number of pyridine rings is 1. The van der Waals surface area contributed by atoms with Crippen LogP contribution in [-0.2, 0) is 0 Å². The van der Waals surface area contributed by atoms with Gasteiger partial charge < -0.3 is 9.64 Å². The predicted octanol–water partition coefficient (Wildman–Crippen LogP) is 3.95. The molecule has 108 valence electrons. The number of hydrogen-bond donors (Lipinski definition) is 0. The van der Waals surface area contributed by atoms with Gasteiger partial charge in [-0.25, -0.2) is 4.98 Å². The summed E-state index contributed by atoms with van der Waals surface area (Å²) < 4.78 is 5.20. The number of ether oxygens (including phenoxy) is 1. The van der Waals surface area contributed by atoms with Gasteiger partial charge in [-0.05, 0) is 24.4 Å². The quantitative estimate of drug-likeness (QED) is 0.858. The van der Waals surface area contributed by atoms with Crippen molar-refractivity contribution in [2.24, 2.45) is 0 Å². The first-order valence-electron chi connectivity index (χ1n) is 6.09. The van der Waals surface area contributed by atoms with Crippen LogP contribution in [0.3, 0.4) is 0 Å². The van der Waals surface area contributed by atoms with Gasteiger partial charge >= 0.3 is 0 Å². The molecule has 0 saturated carbocycles. The molecular formula is C15H13Cl2N3O. The Kier molecular flexibility index (Phi) is 4.56. The molecule has 0 N–H and O–H groups in total. The van der Waals surface area contributed by atoms with Crippen LogP contribution in [0.1, 0.15) is 11.1 Å². The van der Waals surface area contributed by atoms with Crippen LogP contribution in [0.4, 0.5) is 0 Å². The number of hydrogen-bond acceptors (Lipinski definition) is 4. The Morgan fingerprint density at radius 2 is 1.95 bits per heavy atom. The zero-order valence-corrected chi connectivity index (χ0v) is 13.3. The summed E-state index contributed by atoms with van der Waals surface area (Å²) in [5, 5.41) is 11.0. The van der Waals surface area contributed by atoms with Crippen LogP contribution < -0.4 is 4.74 Å². The van der Waals surface area contributed by atoms with E-state index in [1.54, 1.807) is 12.1 Å². The maximum Gasteiger partial charge on any atom is 0.232 e. The first-order chi connectivity index (χ1) is 9.97. The standard InChI is InChI=1S/C15H13Cl2N3O/c1-20(2)5-4-9-10-6-12(16)13(17)7-14(10)19-15(21-3)11(9)8-18/h4-7H,1-3H3. The number of benzene rings is 1. The van der Waals surface area contributed by atoms with Gasteiger partial charge in [0.15, 0.2) is 0 Å². The third-order valence-corrected chi connectivity index (χ3v) is 3.60. The maximum absolute atomic E-state index is 9.40. The largest absolute Gasteiger partial charge is 0.480 e. The van der Waals surface area contributed by atoms with Gasteiger partial charge in [-0.2, -0.15) is 5.26 Å². The molecule has 1 aromatic carbocycles. The minimum atomic E-state index is 0.266. The van der Waals surface area contributed by atoms with Crippen molar-refractivity contribution in [3.05, 3.63) is 39.5 Å². The molecule has 2 aromatic rings. The topological polar surface area (TPSA) is 49.1 Å². The van der Waals surface area contributed by atoms with E-state index in [9.17, 15) is 5.26 Å². The van der Waals surface area contributed by atoms with Crippen molar-refractivity contribution in [2.75, 3.05) is 21.2 Å². The van der Waals surface area contributed by atoms with Gasteiger partial charge in [0.05, 0.1) is 22.7 Å². The molecule has 0 fully saturated rings. The molecule has 0 bridgehead atoms. The molecule has 0 amide bonds. The second-order valence-electron chi connectivity index (χ2n) is 4.58. The van der Waals surface area contributed by atoms with Crippen molar-refractivity contribution in [2.45, 2.75) is 0 Å². The number of halogens is 2. The smallest absolute Gasteiger partial charge is 0.232 e. The van der Waals surface area contributed by atoms with Crippen LogP contribution in [0.25, 0.3) is 17.0 Å². The lowest BCUT2D eigenvalue weighted by atomic mass is 10.0. The number of rotatable bonds is 3. The van der Waals surface area contributed by atoms with Crippen molar-refractivity contribution in [1.82, 2.24) is 9.88 Å². The highest BCUT2D eigenvalue weighted by Gasteiger charge is 2.15. The van der Waals surface area contributed by atoms with E-state index < -0.39 is 0 Å². The van der Waals surface area contributed by atoms with Crippen molar-refractivity contribution in [3.63, 3.8) is 0 Å². The van der Waals surface area contributed by atoms with E-state index in [-0.39, 0.29) is 5.88 Å². The zero-order chi connectivity index (χ0) is 15.6. The van der Waals surface area contributed by atoms with Crippen LogP contribution in [0.5, 0.6) is 5.88 Å². The number of aromatic nitrogens is 1. The van der Waals surface area contributed by atoms with Crippen molar-refractivity contribution >= 4 is 40.2 Å². The van der Waals surface area contributed by atoms with Crippen LogP contribution in [0, 0.1) is 11.3 Å². The lowest BCUT2D eigenvalue weighted by molar-refractivity contribution is 0.398. The fourth-order valence-corrected chi connectivity index (χ4v) is 2.23. The van der Waals surface area contributed by atoms with E-state index >= 15 is 0 Å². The summed E-state index contributed by atoms with van der Waals surface area (Å²) in [5.41, 5.74) is 1.69. The van der Waals surface area contributed by atoms with Gasteiger partial charge in [0.25, 0.3) is 0 Å². The number of fused-ring (bicyclic) bond motifs is 1. The summed E-state index contributed by atoms with van der Waals surface area (Å²) in [7, 11) is 5.27. The van der Waals surface area contributed by atoms with Crippen LogP contribution >= 0.6 is 23.2 Å². The number of nitriles is 1. The second-order valence-corrected chi connectivity index (χ2v) is 5.40. The molecule has 0 atom stereocenters. The lowest BCUT2D eigenvalue weighted by Crippen LogP contribution is -2.01. The molecule has 0 radical (unpaired) electrons. The Bertz CT molecular complexity index is 764. The lowest BCUT2D eigenvalue weighted by Gasteiger charge is -2.11. The number of methoxy groups -OCH3 is 1. The molecule has 1 heterocycles. The molecular weight excluding hydrogens is 309 g/mol. The van der Waals surface area contributed by atoms with E-state index in [0.717, 1.165) is 5.39 Å². The zero-order valence-electron chi connectivity index (χ0n) is 11.8. The van der Waals surface area contributed by atoms with Gasteiger partial charge in [0, 0.05) is 25.0 Å². The Hall–Kier alpha value is -1.96. The van der Waals surface area contributed by atoms with Gasteiger partial charge in [-0.1, -0.05) is 23.2 Å². The first kappa shape index (κ1) is 15.4. The van der Waals surface area contributed by atoms with E-state index in [0.29, 0.717) is 26.7 Å². The highest BCUT2D eigenvalue weighted by molar-refractivity contribution is 6.42. The summed E-state index contributed by atoms with van der Waals surface area (Å²) in [6.07, 6.45) is 3.67. The highest BCUT2D eigenvalue weighted by atomic mass is 35.5. The van der Waals surface area contributed by atoms with Crippen LogP contribution in [0.15, 0.2) is 18.3 Å². The molecule has 21 heavy (non-hydrogen) atoms. The molecule has 0 spiro atoms. The van der Waals surface area contributed by atoms with E-state index in [1.807, 2.05) is 31.3 Å². The fourth-order valence-electron chi connectivity index (χ4n) is 1.91. The summed E-state index contributed by atoms with van der Waals surface area (Å²) in [6, 6.07) is 5.50. The summed E-state index contributed by atoms with van der Waals surface area (Å²) >= 11 is 12.1. The van der Waals surface area contributed by atoms with Crippen molar-refractivity contribution in [1.29, 1.82) is 5.26 Å². The van der Waals surface area contributed by atoms with Crippen LogP contribution in [0.2, 0.25) is 10.0 Å². The third kappa shape index (κ3) is 3.05. The molecule has 0 saturated heterocycles. The predicted molar refractivity (Wildman–Crippen MR) is 85.8 cm³/mol. The van der Waals surface area contributed by atoms with E-state index in [2.05, 4.69) is 11.1 Å². The first-order valence-corrected chi connectivity index (χ1v) is 6.85. The fraction of sp³-hybridized carbons (Fsp3) is 0.200. The Labute approximate surface area is 133 Å². The van der Waals surface area contributed by atoms with Crippen molar-refractivity contribution < 1.29 is 4.74 Å². The molecule has 0 aliphatic heterocycles. The van der Waals surface area contributed by atoms with E-state index in [1.165, 1.54) is 7.11 Å². The molecule has 6 heteroatoms. The third-order valence-electron chi connectivity index (χ3n) is 2.88. The van der Waals surface area contributed by atoms with Crippen molar-refractivity contribution in [3.8, 4) is 11.9 Å². The summed E-state index contributed by atoms with van der Waals surface area (Å²) in [4.78, 5) is 6.19. The van der Waals surface area contributed by atoms with Gasteiger partial charge in [-0.15, -0.1) is 0 Å². The monoisotopic (exact) mass is 321 g/mol. The minimum absolute atomic E-state index is 0.266. The second kappa shape index (κ2) is 6.21. The minimum Gasteiger partial charge on any atom is -0.480 e. The Balaban J connectivity index is 2.87. The molecule has 4 nitrogen and oxygen atoms in total. The number of nitrogens with zero attached hydrogens (tertiary/aromatic N) is 3. The summed E-state index contributed by atoms with van der Waals surface area (Å²) in [6.45, 7) is 0. The average Bonchev–Trinajstić information content (AvgIpc) is 2.45. The summed E-state index contributed by atoms with van der Waals surface area (Å²) in [5.74, 6) is 0.266. The average molecular weight is 322 g/mol. The van der Waals surface area contributed by atoms with Crippen LogP contribution in [-0.4, -0.2) is 31.1 Å². The van der Waals surface area contributed by atoms with Gasteiger partial charge in [-0.3, -0.25) is 0 Å². The molecule has 0 unspecified atom stereocenters.